The van der Waals surface area contributed by atoms with E-state index in [4.69, 9.17) is 19.2 Å². The van der Waals surface area contributed by atoms with E-state index < -0.39 is 42.4 Å². The summed E-state index contributed by atoms with van der Waals surface area (Å²) in [5, 5.41) is 0. The SMILES string of the molecule is C[C@H]1[C@H](C(=O)N(C)CC(F)(F)F)O[C@@H]2O[C@@]3(C)CC[C@H]4[C@H](C)CC[C@@H]1[C@@]24OO3. The van der Waals surface area contributed by atoms with Crippen LogP contribution in [0.2, 0.25) is 0 Å². The van der Waals surface area contributed by atoms with Gasteiger partial charge in [-0.1, -0.05) is 13.8 Å². The number of likely N-dealkylation sites (N-methyl/N-ethyl adjacent to an activating group) is 1. The molecule has 0 aromatic carbocycles. The first kappa shape index (κ1) is 20.4. The molecule has 5 aliphatic rings. The molecule has 4 aliphatic heterocycles. The molecule has 4 saturated heterocycles. The molecule has 0 aromatic rings. The number of hydrogen-bond donors (Lipinski definition) is 0. The maximum Gasteiger partial charge on any atom is 0.406 e. The summed E-state index contributed by atoms with van der Waals surface area (Å²) in [5.74, 6) is -1.55. The number of alkyl halides is 3. The van der Waals surface area contributed by atoms with Crippen LogP contribution >= 0.6 is 0 Å². The van der Waals surface area contributed by atoms with E-state index in [1.54, 1.807) is 6.92 Å². The molecular weight excluding hydrogens is 379 g/mol. The fourth-order valence-corrected chi connectivity index (χ4v) is 5.75. The van der Waals surface area contributed by atoms with Crippen molar-refractivity contribution in [1.29, 1.82) is 0 Å². The maximum atomic E-state index is 12.8. The quantitative estimate of drug-likeness (QED) is 0.658. The van der Waals surface area contributed by atoms with Gasteiger partial charge in [-0.2, -0.15) is 13.2 Å². The predicted molar refractivity (Wildman–Crippen MR) is 90.5 cm³/mol. The molecule has 0 aromatic heterocycles. The van der Waals surface area contributed by atoms with Crippen molar-refractivity contribution in [3.63, 3.8) is 0 Å². The molecule has 1 saturated carbocycles. The standard InChI is InChI=1S/C19H28F3NO5/c1-10-5-6-13-11(2)14(15(24)23(4)9-18(20,21)22)25-16-19(13)12(10)7-8-17(3,26-16)27-28-19/h10-14,16H,5-9H2,1-4H3/t10-,11-,12+,13+,14-,16-,17-,19-/m1/s1. The zero-order valence-corrected chi connectivity index (χ0v) is 16.6. The van der Waals surface area contributed by atoms with Gasteiger partial charge in [0.1, 0.15) is 12.6 Å². The van der Waals surface area contributed by atoms with Crippen molar-refractivity contribution in [3.05, 3.63) is 0 Å². The van der Waals surface area contributed by atoms with Crippen LogP contribution in [0.15, 0.2) is 0 Å². The molecule has 2 bridgehead atoms. The molecule has 4 heterocycles. The maximum absolute atomic E-state index is 12.8. The summed E-state index contributed by atoms with van der Waals surface area (Å²) in [5.41, 5.74) is -0.827. The van der Waals surface area contributed by atoms with E-state index in [-0.39, 0.29) is 17.8 Å². The molecule has 1 aliphatic carbocycles. The number of amides is 1. The van der Waals surface area contributed by atoms with Gasteiger partial charge in [0.25, 0.3) is 5.91 Å². The van der Waals surface area contributed by atoms with E-state index in [9.17, 15) is 18.0 Å². The van der Waals surface area contributed by atoms with Gasteiger partial charge in [0.05, 0.1) is 0 Å². The molecule has 0 unspecified atom stereocenters. The van der Waals surface area contributed by atoms with E-state index in [1.807, 2.05) is 6.92 Å². The Kier molecular flexibility index (Phi) is 4.77. The van der Waals surface area contributed by atoms with Crippen molar-refractivity contribution < 1.29 is 37.2 Å². The minimum absolute atomic E-state index is 0.0941. The number of halogens is 3. The van der Waals surface area contributed by atoms with Gasteiger partial charge < -0.3 is 14.4 Å². The fourth-order valence-electron chi connectivity index (χ4n) is 5.75. The van der Waals surface area contributed by atoms with Crippen LogP contribution in [0.4, 0.5) is 13.2 Å². The van der Waals surface area contributed by atoms with Crippen molar-refractivity contribution in [1.82, 2.24) is 4.90 Å². The normalized spacial score (nSPS) is 48.0. The van der Waals surface area contributed by atoms with Crippen LogP contribution in [-0.2, 0) is 24.0 Å². The Bertz CT molecular complexity index is 646. The zero-order chi connectivity index (χ0) is 20.5. The van der Waals surface area contributed by atoms with Crippen molar-refractivity contribution >= 4 is 5.91 Å². The summed E-state index contributed by atoms with van der Waals surface area (Å²) < 4.78 is 50.5. The van der Waals surface area contributed by atoms with Gasteiger partial charge in [0, 0.05) is 19.4 Å². The van der Waals surface area contributed by atoms with E-state index in [0.29, 0.717) is 17.2 Å². The third-order valence-electron chi connectivity index (χ3n) is 7.19. The highest BCUT2D eigenvalue weighted by Crippen LogP contribution is 2.60. The highest BCUT2D eigenvalue weighted by molar-refractivity contribution is 5.81. The third-order valence-corrected chi connectivity index (χ3v) is 7.19. The number of hydrogen-bond acceptors (Lipinski definition) is 5. The summed E-state index contributed by atoms with van der Waals surface area (Å²) in [4.78, 5) is 25.2. The minimum atomic E-state index is -4.46. The molecule has 8 atom stereocenters. The summed E-state index contributed by atoms with van der Waals surface area (Å²) in [6, 6.07) is 0. The molecule has 1 amide bonds. The Morgan fingerprint density at radius 1 is 1.14 bits per heavy atom. The lowest BCUT2D eigenvalue weighted by atomic mass is 9.57. The lowest BCUT2D eigenvalue weighted by molar-refractivity contribution is -0.569. The van der Waals surface area contributed by atoms with Crippen LogP contribution in [0.25, 0.3) is 0 Å². The number of ether oxygens (including phenoxy) is 2. The largest absolute Gasteiger partial charge is 0.406 e. The Morgan fingerprint density at radius 3 is 2.54 bits per heavy atom. The average molecular weight is 407 g/mol. The van der Waals surface area contributed by atoms with Crippen molar-refractivity contribution in [3.8, 4) is 0 Å². The van der Waals surface area contributed by atoms with Crippen molar-refractivity contribution in [2.75, 3.05) is 13.6 Å². The van der Waals surface area contributed by atoms with Gasteiger partial charge >= 0.3 is 6.18 Å². The molecule has 5 fully saturated rings. The number of nitrogens with zero attached hydrogens (tertiary/aromatic N) is 1. The van der Waals surface area contributed by atoms with Gasteiger partial charge in [-0.05, 0) is 43.9 Å². The van der Waals surface area contributed by atoms with Crippen LogP contribution in [0, 0.1) is 23.7 Å². The summed E-state index contributed by atoms with van der Waals surface area (Å²) >= 11 is 0. The van der Waals surface area contributed by atoms with Gasteiger partial charge in [-0.15, -0.1) is 0 Å². The molecule has 6 nitrogen and oxygen atoms in total. The lowest BCUT2D eigenvalue weighted by Gasteiger charge is -2.60. The second kappa shape index (κ2) is 6.55. The first-order chi connectivity index (χ1) is 13.0. The summed E-state index contributed by atoms with van der Waals surface area (Å²) in [7, 11) is 1.16. The van der Waals surface area contributed by atoms with Crippen LogP contribution < -0.4 is 0 Å². The van der Waals surface area contributed by atoms with E-state index >= 15 is 0 Å². The summed E-state index contributed by atoms with van der Waals surface area (Å²) in [6.45, 7) is 4.49. The second-order valence-electron chi connectivity index (χ2n) is 9.14. The van der Waals surface area contributed by atoms with Gasteiger partial charge in [0.2, 0.25) is 5.79 Å². The molecule has 0 radical (unpaired) electrons. The highest BCUT2D eigenvalue weighted by Gasteiger charge is 2.70. The highest BCUT2D eigenvalue weighted by atomic mass is 19.4. The molecule has 0 N–H and O–H groups in total. The Balaban J connectivity index is 1.65. The molecule has 160 valence electrons. The van der Waals surface area contributed by atoms with Crippen LogP contribution in [0.5, 0.6) is 0 Å². The van der Waals surface area contributed by atoms with Crippen molar-refractivity contribution in [2.24, 2.45) is 23.7 Å². The Hall–Kier alpha value is -0.900. The van der Waals surface area contributed by atoms with E-state index in [1.165, 1.54) is 0 Å². The Morgan fingerprint density at radius 2 is 1.86 bits per heavy atom. The number of rotatable bonds is 2. The van der Waals surface area contributed by atoms with Gasteiger partial charge in [0.15, 0.2) is 11.9 Å². The minimum Gasteiger partial charge on any atom is -0.336 e. The molecule has 9 heteroatoms. The fraction of sp³-hybridized carbons (Fsp3) is 0.947. The van der Waals surface area contributed by atoms with Gasteiger partial charge in [-0.25, -0.2) is 9.78 Å². The van der Waals surface area contributed by atoms with E-state index in [2.05, 4.69) is 6.92 Å². The lowest BCUT2D eigenvalue weighted by Crippen LogP contribution is -2.71. The first-order valence-electron chi connectivity index (χ1n) is 9.99. The summed E-state index contributed by atoms with van der Waals surface area (Å²) in [6.07, 6.45) is -3.06. The number of fused-ring (bicyclic) bond motifs is 2. The zero-order valence-electron chi connectivity index (χ0n) is 16.6. The van der Waals surface area contributed by atoms with Crippen molar-refractivity contribution in [2.45, 2.75) is 76.4 Å². The topological polar surface area (TPSA) is 57.2 Å². The van der Waals surface area contributed by atoms with Crippen LogP contribution in [-0.4, -0.2) is 54.4 Å². The smallest absolute Gasteiger partial charge is 0.336 e. The van der Waals surface area contributed by atoms with E-state index in [0.717, 1.165) is 26.3 Å². The molecule has 28 heavy (non-hydrogen) atoms. The van der Waals surface area contributed by atoms with Crippen LogP contribution in [0.3, 0.4) is 0 Å². The number of carbonyl (C=O) groups is 1. The molecular formula is C19H28F3NO5. The molecule has 5 rings (SSSR count). The van der Waals surface area contributed by atoms with Crippen LogP contribution in [0.1, 0.15) is 46.5 Å². The number of carbonyl (C=O) groups excluding carboxylic acids is 1. The Labute approximate surface area is 162 Å². The average Bonchev–Trinajstić information content (AvgIpc) is 2.82. The second-order valence-corrected chi connectivity index (χ2v) is 9.14. The first-order valence-corrected chi connectivity index (χ1v) is 9.99. The molecule has 1 spiro atoms. The monoisotopic (exact) mass is 407 g/mol. The predicted octanol–water partition coefficient (Wildman–Crippen LogP) is 3.26. The van der Waals surface area contributed by atoms with Gasteiger partial charge in [-0.3, -0.25) is 4.79 Å². The third kappa shape index (κ3) is 3.05.